The number of hydrogen-bond donors (Lipinski definition) is 2. The van der Waals surface area contributed by atoms with E-state index in [0.717, 1.165) is 11.4 Å². The summed E-state index contributed by atoms with van der Waals surface area (Å²) in [7, 11) is 3.94. The number of benzene rings is 4. The lowest BCUT2D eigenvalue weighted by molar-refractivity contribution is 0.588. The fourth-order valence-corrected chi connectivity index (χ4v) is 5.31. The van der Waals surface area contributed by atoms with E-state index in [1.165, 1.54) is 38.9 Å². The molecule has 0 unspecified atom stereocenters. The Kier molecular flexibility index (Phi) is 5.05. The topological polar surface area (TPSA) is 24.1 Å². The van der Waals surface area contributed by atoms with E-state index < -0.39 is 0 Å². The van der Waals surface area contributed by atoms with Crippen LogP contribution in [0.15, 0.2) is 91.0 Å². The summed E-state index contributed by atoms with van der Waals surface area (Å²) in [5, 5.41) is 6.54. The van der Waals surface area contributed by atoms with Crippen molar-refractivity contribution >= 4 is 11.4 Å². The average Bonchev–Trinajstić information content (AvgIpc) is 3.14. The summed E-state index contributed by atoms with van der Waals surface area (Å²) >= 11 is 0. The second-order valence-electron chi connectivity index (χ2n) is 9.96. The lowest BCUT2D eigenvalue weighted by Gasteiger charge is -2.35. The number of fused-ring (bicyclic) bond motifs is 3. The van der Waals surface area contributed by atoms with E-state index in [0.29, 0.717) is 0 Å². The van der Waals surface area contributed by atoms with Crippen LogP contribution >= 0.6 is 0 Å². The standard InChI is InChI=1S/C31H32N2/c1-30(2,3)23-14-19-27-26-8-6-7-9-28(26)31(29(27)20-23,21-10-15-24(32-4)16-11-21)22-12-17-25(33-5)18-13-22/h6-20,32-33H,1-5H3. The molecule has 0 aromatic heterocycles. The van der Waals surface area contributed by atoms with E-state index >= 15 is 0 Å². The van der Waals surface area contributed by atoms with Crippen LogP contribution in [0.25, 0.3) is 11.1 Å². The second kappa shape index (κ2) is 7.81. The molecule has 166 valence electrons. The van der Waals surface area contributed by atoms with Crippen LogP contribution in [-0.2, 0) is 10.8 Å². The lowest BCUT2D eigenvalue weighted by atomic mass is 9.67. The summed E-state index contributed by atoms with van der Waals surface area (Å²) < 4.78 is 0. The van der Waals surface area contributed by atoms with Crippen molar-refractivity contribution in [1.29, 1.82) is 0 Å². The van der Waals surface area contributed by atoms with Crippen LogP contribution in [0.1, 0.15) is 48.6 Å². The quantitative estimate of drug-likeness (QED) is 0.308. The van der Waals surface area contributed by atoms with E-state index in [4.69, 9.17) is 0 Å². The average molecular weight is 433 g/mol. The highest BCUT2D eigenvalue weighted by Crippen LogP contribution is 2.56. The van der Waals surface area contributed by atoms with E-state index in [-0.39, 0.29) is 10.8 Å². The smallest absolute Gasteiger partial charge is 0.0713 e. The van der Waals surface area contributed by atoms with Crippen LogP contribution in [0.3, 0.4) is 0 Å². The van der Waals surface area contributed by atoms with Gasteiger partial charge in [0, 0.05) is 25.5 Å². The molecule has 5 rings (SSSR count). The maximum Gasteiger partial charge on any atom is 0.0713 e. The molecule has 0 bridgehead atoms. The molecule has 0 spiro atoms. The molecule has 0 heterocycles. The molecule has 1 aliphatic carbocycles. The van der Waals surface area contributed by atoms with E-state index in [2.05, 4.69) is 122 Å². The van der Waals surface area contributed by atoms with Gasteiger partial charge in [0.2, 0.25) is 0 Å². The summed E-state index contributed by atoms with van der Waals surface area (Å²) in [5.41, 5.74) is 11.2. The Labute approximate surface area is 197 Å². The molecule has 0 saturated carbocycles. The summed E-state index contributed by atoms with van der Waals surface area (Å²) in [6.07, 6.45) is 0. The zero-order valence-electron chi connectivity index (χ0n) is 20.2. The highest BCUT2D eigenvalue weighted by Gasteiger charge is 2.46. The maximum atomic E-state index is 3.27. The Bertz CT molecular complexity index is 1240. The van der Waals surface area contributed by atoms with Crippen LogP contribution in [-0.4, -0.2) is 14.1 Å². The third-order valence-corrected chi connectivity index (χ3v) is 7.12. The van der Waals surface area contributed by atoms with Gasteiger partial charge in [0.15, 0.2) is 0 Å². The molecule has 2 heteroatoms. The summed E-state index contributed by atoms with van der Waals surface area (Å²) in [6, 6.07) is 33.9. The first-order valence-electron chi connectivity index (χ1n) is 11.7. The predicted octanol–water partition coefficient (Wildman–Crippen LogP) is 7.43. The zero-order valence-corrected chi connectivity index (χ0v) is 20.2. The fourth-order valence-electron chi connectivity index (χ4n) is 5.31. The molecule has 4 aromatic carbocycles. The minimum atomic E-state index is -0.369. The van der Waals surface area contributed by atoms with Gasteiger partial charge in [-0.3, -0.25) is 0 Å². The molecule has 2 N–H and O–H groups in total. The van der Waals surface area contributed by atoms with Crippen molar-refractivity contribution in [3.63, 3.8) is 0 Å². The van der Waals surface area contributed by atoms with Gasteiger partial charge in [-0.2, -0.15) is 0 Å². The van der Waals surface area contributed by atoms with Gasteiger partial charge in [-0.1, -0.05) is 87.5 Å². The fraction of sp³-hybridized carbons (Fsp3) is 0.226. The Balaban J connectivity index is 1.90. The lowest BCUT2D eigenvalue weighted by Crippen LogP contribution is -2.29. The number of anilines is 2. The predicted molar refractivity (Wildman–Crippen MR) is 142 cm³/mol. The third kappa shape index (κ3) is 3.24. The molecule has 33 heavy (non-hydrogen) atoms. The Morgan fingerprint density at radius 2 is 1.09 bits per heavy atom. The van der Waals surface area contributed by atoms with Gasteiger partial charge < -0.3 is 10.6 Å². The summed E-state index contributed by atoms with van der Waals surface area (Å²) in [6.45, 7) is 6.88. The van der Waals surface area contributed by atoms with Gasteiger partial charge in [-0.05, 0) is 68.6 Å². The van der Waals surface area contributed by atoms with Crippen LogP contribution in [0.2, 0.25) is 0 Å². The molecular formula is C31H32N2. The van der Waals surface area contributed by atoms with Crippen molar-refractivity contribution < 1.29 is 0 Å². The van der Waals surface area contributed by atoms with Crippen LogP contribution in [0, 0.1) is 0 Å². The van der Waals surface area contributed by atoms with Crippen molar-refractivity contribution in [3.8, 4) is 11.1 Å². The molecule has 0 aliphatic heterocycles. The van der Waals surface area contributed by atoms with Crippen molar-refractivity contribution in [3.05, 3.63) is 119 Å². The number of hydrogen-bond acceptors (Lipinski definition) is 2. The summed E-state index contributed by atoms with van der Waals surface area (Å²) in [4.78, 5) is 0. The van der Waals surface area contributed by atoms with E-state index in [9.17, 15) is 0 Å². The monoisotopic (exact) mass is 432 g/mol. The highest BCUT2D eigenvalue weighted by atomic mass is 14.8. The van der Waals surface area contributed by atoms with Crippen LogP contribution in [0.5, 0.6) is 0 Å². The maximum absolute atomic E-state index is 3.27. The first-order valence-corrected chi connectivity index (χ1v) is 11.7. The van der Waals surface area contributed by atoms with Gasteiger partial charge in [-0.15, -0.1) is 0 Å². The molecule has 1 aliphatic rings. The van der Waals surface area contributed by atoms with Gasteiger partial charge in [0.25, 0.3) is 0 Å². The second-order valence-corrected chi connectivity index (χ2v) is 9.96. The minimum Gasteiger partial charge on any atom is -0.388 e. The normalized spacial score (nSPS) is 13.8. The van der Waals surface area contributed by atoms with E-state index in [1.807, 2.05) is 14.1 Å². The minimum absolute atomic E-state index is 0.0710. The number of rotatable bonds is 4. The molecule has 0 atom stereocenters. The van der Waals surface area contributed by atoms with Crippen LogP contribution in [0.4, 0.5) is 11.4 Å². The zero-order chi connectivity index (χ0) is 23.2. The van der Waals surface area contributed by atoms with Gasteiger partial charge in [-0.25, -0.2) is 0 Å². The van der Waals surface area contributed by atoms with Gasteiger partial charge >= 0.3 is 0 Å². The summed E-state index contributed by atoms with van der Waals surface area (Å²) in [5.74, 6) is 0. The molecule has 0 fully saturated rings. The first kappa shape index (κ1) is 21.3. The molecule has 0 saturated heterocycles. The van der Waals surface area contributed by atoms with Crippen LogP contribution < -0.4 is 10.6 Å². The number of nitrogens with one attached hydrogen (secondary N) is 2. The molecular weight excluding hydrogens is 400 g/mol. The Morgan fingerprint density at radius 1 is 0.576 bits per heavy atom. The first-order chi connectivity index (χ1) is 15.9. The molecule has 2 nitrogen and oxygen atoms in total. The van der Waals surface area contributed by atoms with E-state index in [1.54, 1.807) is 0 Å². The SMILES string of the molecule is CNc1ccc(C2(c3ccc(NC)cc3)c3ccccc3-c3ccc(C(C)(C)C)cc32)cc1. The van der Waals surface area contributed by atoms with Gasteiger partial charge in [0.1, 0.15) is 0 Å². The molecule has 0 radical (unpaired) electrons. The van der Waals surface area contributed by atoms with Crippen molar-refractivity contribution in [2.45, 2.75) is 31.6 Å². The van der Waals surface area contributed by atoms with Crippen molar-refractivity contribution in [1.82, 2.24) is 0 Å². The van der Waals surface area contributed by atoms with Crippen molar-refractivity contribution in [2.75, 3.05) is 24.7 Å². The largest absolute Gasteiger partial charge is 0.388 e. The Hall–Kier alpha value is -3.52. The van der Waals surface area contributed by atoms with Gasteiger partial charge in [0.05, 0.1) is 5.41 Å². The highest BCUT2D eigenvalue weighted by molar-refractivity contribution is 5.86. The third-order valence-electron chi connectivity index (χ3n) is 7.12. The molecule has 4 aromatic rings. The Morgan fingerprint density at radius 3 is 1.61 bits per heavy atom. The molecule has 0 amide bonds. The van der Waals surface area contributed by atoms with Crippen molar-refractivity contribution in [2.24, 2.45) is 0 Å².